The van der Waals surface area contributed by atoms with Crippen LogP contribution in [0, 0.1) is 0 Å². The molecule has 0 saturated carbocycles. The molecule has 0 aliphatic carbocycles. The molecule has 0 atom stereocenters. The summed E-state index contributed by atoms with van der Waals surface area (Å²) in [5.74, 6) is -0.635. The lowest BCUT2D eigenvalue weighted by atomic mass is 10.1. The minimum Gasteiger partial charge on any atom is -0.493 e. The molecule has 2 rings (SSSR count). The number of nitrogen functional groups attached to an aromatic ring is 1. The van der Waals surface area contributed by atoms with Gasteiger partial charge in [0.15, 0.2) is 11.5 Å². The number of nitrogens with two attached hydrogens (primary N) is 1. The third-order valence-electron chi connectivity index (χ3n) is 2.96. The number of hydrogen-bond donors (Lipinski definition) is 1. The smallest absolute Gasteiger partial charge is 0.340 e. The first-order valence-electron chi connectivity index (χ1n) is 8.26. The second-order valence-electron chi connectivity index (χ2n) is 4.48. The predicted molar refractivity (Wildman–Crippen MR) is 84.1 cm³/mol. The fourth-order valence-electron chi connectivity index (χ4n) is 1.89. The van der Waals surface area contributed by atoms with Gasteiger partial charge < -0.3 is 19.9 Å². The number of benzene rings is 2. The van der Waals surface area contributed by atoms with Gasteiger partial charge in [0, 0.05) is 12.1 Å². The lowest BCUT2D eigenvalue weighted by molar-refractivity contribution is 0.0527. The highest BCUT2D eigenvalue weighted by Gasteiger charge is 2.16. The molecule has 116 valence electrons. The summed E-state index contributed by atoms with van der Waals surface area (Å²) in [5.41, 5.74) is 6.89. The number of ether oxygens (including phenoxy) is 3. The summed E-state index contributed by atoms with van der Waals surface area (Å²) in [5, 5.41) is 0. The molecular weight excluding hydrogens is 282 g/mol. The monoisotopic (exact) mass is 304 g/mol. The molecule has 2 N–H and O–H groups in total. The predicted octanol–water partition coefficient (Wildman–Crippen LogP) is 3.03. The van der Waals surface area contributed by atoms with Gasteiger partial charge in [-0.3, -0.25) is 0 Å². The van der Waals surface area contributed by atoms with Gasteiger partial charge in [-0.2, -0.15) is 0 Å². The maximum absolute atomic E-state index is 11.9. The summed E-state index contributed by atoms with van der Waals surface area (Å²) in [7, 11) is -2.70. The Morgan fingerprint density at radius 3 is 2.68 bits per heavy atom. The lowest BCUT2D eigenvalue weighted by Crippen LogP contribution is -2.09. The quantitative estimate of drug-likeness (QED) is 0.656. The normalized spacial score (nSPS) is 12.7. The molecule has 0 spiro atoms. The first-order valence-corrected chi connectivity index (χ1v) is 6.76. The van der Waals surface area contributed by atoms with Crippen LogP contribution in [0.5, 0.6) is 11.5 Å². The standard InChI is InChI=1S/C17H19NO4/c1-3-21-17(19)13-9-15(20-2)16(10-14(13)18)22-11-12-7-5-4-6-8-12/h4-10H,3,11,18H2,1-2H3/i2D3. The molecule has 0 fully saturated rings. The summed E-state index contributed by atoms with van der Waals surface area (Å²) in [6.45, 7) is 2.02. The molecule has 0 aliphatic rings. The topological polar surface area (TPSA) is 70.8 Å². The van der Waals surface area contributed by atoms with Crippen LogP contribution in [0.15, 0.2) is 42.5 Å². The molecule has 0 amide bonds. The van der Waals surface area contributed by atoms with Crippen molar-refractivity contribution in [2.24, 2.45) is 0 Å². The van der Waals surface area contributed by atoms with Crippen LogP contribution >= 0.6 is 0 Å². The van der Waals surface area contributed by atoms with Crippen LogP contribution in [-0.2, 0) is 11.3 Å². The van der Waals surface area contributed by atoms with Crippen LogP contribution in [-0.4, -0.2) is 19.6 Å². The van der Waals surface area contributed by atoms with Gasteiger partial charge in [0.25, 0.3) is 0 Å². The third-order valence-corrected chi connectivity index (χ3v) is 2.96. The van der Waals surface area contributed by atoms with Gasteiger partial charge in [0.2, 0.25) is 0 Å². The summed E-state index contributed by atoms with van der Waals surface area (Å²) in [6, 6.07) is 11.9. The van der Waals surface area contributed by atoms with Crippen molar-refractivity contribution in [3.05, 3.63) is 53.6 Å². The molecule has 0 aromatic heterocycles. The Morgan fingerprint density at radius 1 is 1.23 bits per heavy atom. The largest absolute Gasteiger partial charge is 0.493 e. The van der Waals surface area contributed by atoms with Gasteiger partial charge in [-0.05, 0) is 12.5 Å². The van der Waals surface area contributed by atoms with Gasteiger partial charge in [0.05, 0.1) is 29.0 Å². The number of anilines is 1. The van der Waals surface area contributed by atoms with Crippen molar-refractivity contribution >= 4 is 11.7 Å². The van der Waals surface area contributed by atoms with Crippen molar-refractivity contribution in [2.45, 2.75) is 13.5 Å². The van der Waals surface area contributed by atoms with E-state index in [1.807, 2.05) is 30.3 Å². The second-order valence-corrected chi connectivity index (χ2v) is 4.48. The Morgan fingerprint density at radius 2 is 2.00 bits per heavy atom. The van der Waals surface area contributed by atoms with E-state index in [1.54, 1.807) is 6.92 Å². The first-order chi connectivity index (χ1) is 11.8. The van der Waals surface area contributed by atoms with E-state index in [4.69, 9.17) is 24.1 Å². The minimum atomic E-state index is -2.70. The Labute approximate surface area is 133 Å². The zero-order chi connectivity index (χ0) is 18.4. The molecule has 0 saturated heterocycles. The van der Waals surface area contributed by atoms with Gasteiger partial charge in [-0.1, -0.05) is 30.3 Å². The Kier molecular flexibility index (Phi) is 3.98. The van der Waals surface area contributed by atoms with E-state index in [-0.39, 0.29) is 36.0 Å². The fraction of sp³-hybridized carbons (Fsp3) is 0.235. The van der Waals surface area contributed by atoms with Crippen LogP contribution in [0.2, 0.25) is 0 Å². The van der Waals surface area contributed by atoms with E-state index in [2.05, 4.69) is 0 Å². The number of carbonyl (C=O) groups is 1. The van der Waals surface area contributed by atoms with E-state index in [0.29, 0.717) is 0 Å². The van der Waals surface area contributed by atoms with Crippen molar-refractivity contribution < 1.29 is 23.1 Å². The molecule has 0 aliphatic heterocycles. The van der Waals surface area contributed by atoms with Gasteiger partial charge in [0.1, 0.15) is 6.61 Å². The van der Waals surface area contributed by atoms with E-state index in [1.165, 1.54) is 12.1 Å². The van der Waals surface area contributed by atoms with Crippen molar-refractivity contribution in [3.8, 4) is 11.5 Å². The van der Waals surface area contributed by atoms with E-state index < -0.39 is 13.0 Å². The van der Waals surface area contributed by atoms with Crippen molar-refractivity contribution in [3.63, 3.8) is 0 Å². The van der Waals surface area contributed by atoms with Gasteiger partial charge in [-0.15, -0.1) is 0 Å². The number of carbonyl (C=O) groups excluding carboxylic acids is 1. The van der Waals surface area contributed by atoms with Crippen molar-refractivity contribution in [1.82, 2.24) is 0 Å². The highest BCUT2D eigenvalue weighted by atomic mass is 16.5. The number of hydrogen-bond acceptors (Lipinski definition) is 5. The summed E-state index contributed by atoms with van der Waals surface area (Å²) < 4.78 is 37.4. The first kappa shape index (κ1) is 11.9. The lowest BCUT2D eigenvalue weighted by Gasteiger charge is -2.14. The van der Waals surface area contributed by atoms with Crippen LogP contribution in [0.4, 0.5) is 5.69 Å². The summed E-state index contributed by atoms with van der Waals surface area (Å²) in [4.78, 5) is 11.9. The maximum Gasteiger partial charge on any atom is 0.340 e. The summed E-state index contributed by atoms with van der Waals surface area (Å²) in [6.07, 6.45) is 0. The molecule has 0 bridgehead atoms. The average molecular weight is 304 g/mol. The molecule has 5 heteroatoms. The molecule has 5 nitrogen and oxygen atoms in total. The zero-order valence-electron chi connectivity index (χ0n) is 15.2. The number of methoxy groups -OCH3 is 1. The average Bonchev–Trinajstić information content (AvgIpc) is 2.54. The van der Waals surface area contributed by atoms with Crippen molar-refractivity contribution in [2.75, 3.05) is 19.4 Å². The highest BCUT2D eigenvalue weighted by molar-refractivity contribution is 5.96. The molecule has 2 aromatic carbocycles. The SMILES string of the molecule is [2H]C([2H])([2H])Oc1cc(C(=O)OCC)c(N)cc1OCc1ccccc1. The van der Waals surface area contributed by atoms with Crippen molar-refractivity contribution in [1.29, 1.82) is 0 Å². The molecule has 2 aromatic rings. The van der Waals surface area contributed by atoms with E-state index in [0.717, 1.165) is 5.56 Å². The van der Waals surface area contributed by atoms with Crippen LogP contribution in [0.1, 0.15) is 27.0 Å². The highest BCUT2D eigenvalue weighted by Crippen LogP contribution is 2.33. The van der Waals surface area contributed by atoms with Gasteiger partial charge >= 0.3 is 5.97 Å². The molecular formula is C17H19NO4. The maximum atomic E-state index is 11.9. The summed E-state index contributed by atoms with van der Waals surface area (Å²) >= 11 is 0. The molecule has 22 heavy (non-hydrogen) atoms. The molecule has 0 unspecified atom stereocenters. The Hall–Kier alpha value is -2.69. The van der Waals surface area contributed by atoms with E-state index >= 15 is 0 Å². The van der Waals surface area contributed by atoms with Crippen LogP contribution < -0.4 is 15.2 Å². The molecule has 0 heterocycles. The van der Waals surface area contributed by atoms with E-state index in [9.17, 15) is 4.79 Å². The second kappa shape index (κ2) is 7.36. The Bertz CT molecular complexity index is 733. The number of rotatable bonds is 6. The van der Waals surface area contributed by atoms with Crippen LogP contribution in [0.25, 0.3) is 0 Å². The fourth-order valence-corrected chi connectivity index (χ4v) is 1.89. The van der Waals surface area contributed by atoms with Gasteiger partial charge in [-0.25, -0.2) is 4.79 Å². The van der Waals surface area contributed by atoms with Crippen LogP contribution in [0.3, 0.4) is 0 Å². The number of esters is 1. The minimum absolute atomic E-state index is 0.0214. The zero-order valence-corrected chi connectivity index (χ0v) is 12.2. The Balaban J connectivity index is 2.32. The molecule has 0 radical (unpaired) electrons. The third kappa shape index (κ3) is 3.69.